The molecule has 1 N–H and O–H groups in total. The monoisotopic (exact) mass is 333 g/mol. The second-order valence-corrected chi connectivity index (χ2v) is 5.50. The molecule has 0 saturated carbocycles. The van der Waals surface area contributed by atoms with Crippen LogP contribution >= 0.6 is 11.6 Å². The summed E-state index contributed by atoms with van der Waals surface area (Å²) in [6.45, 7) is 3.77. The van der Waals surface area contributed by atoms with Crippen molar-refractivity contribution in [3.05, 3.63) is 53.1 Å². The van der Waals surface area contributed by atoms with E-state index in [0.29, 0.717) is 22.9 Å². The van der Waals surface area contributed by atoms with Crippen molar-refractivity contribution in [1.29, 1.82) is 0 Å². The Labute approximate surface area is 141 Å². The molecular weight excluding hydrogens is 314 g/mol. The van der Waals surface area contributed by atoms with Gasteiger partial charge < -0.3 is 14.8 Å². The average molecular weight is 334 g/mol. The van der Waals surface area contributed by atoms with E-state index in [1.54, 1.807) is 43.5 Å². The van der Waals surface area contributed by atoms with Crippen LogP contribution in [-0.4, -0.2) is 19.1 Å². The van der Waals surface area contributed by atoms with E-state index in [1.165, 1.54) is 0 Å². The molecule has 0 fully saturated rings. The Hall–Kier alpha value is -2.20. The highest BCUT2D eigenvalue weighted by molar-refractivity contribution is 6.31. The number of amides is 1. The predicted octanol–water partition coefficient (Wildman–Crippen LogP) is 4.45. The van der Waals surface area contributed by atoms with Crippen LogP contribution < -0.4 is 14.8 Å². The minimum atomic E-state index is -0.582. The van der Waals surface area contributed by atoms with Gasteiger partial charge in [-0.2, -0.15) is 0 Å². The summed E-state index contributed by atoms with van der Waals surface area (Å²) in [6.07, 6.45) is -0.0286. The molecule has 122 valence electrons. The summed E-state index contributed by atoms with van der Waals surface area (Å²) < 4.78 is 10.9. The number of ether oxygens (including phenoxy) is 2. The molecule has 0 aromatic heterocycles. The van der Waals surface area contributed by atoms with Gasteiger partial charge in [0.05, 0.1) is 7.11 Å². The third kappa shape index (κ3) is 4.39. The van der Waals surface area contributed by atoms with Crippen LogP contribution in [0.2, 0.25) is 5.02 Å². The van der Waals surface area contributed by atoms with Gasteiger partial charge in [-0.15, -0.1) is 0 Å². The van der Waals surface area contributed by atoms with Gasteiger partial charge >= 0.3 is 0 Å². The zero-order valence-corrected chi connectivity index (χ0v) is 14.2. The molecule has 0 bridgehead atoms. The summed E-state index contributed by atoms with van der Waals surface area (Å²) in [5, 5.41) is 3.49. The number of hydrogen-bond acceptors (Lipinski definition) is 3. The van der Waals surface area contributed by atoms with E-state index in [0.717, 1.165) is 11.3 Å². The number of nitrogens with one attached hydrogen (secondary N) is 1. The van der Waals surface area contributed by atoms with Gasteiger partial charge in [-0.05, 0) is 55.3 Å². The number of carbonyl (C=O) groups is 1. The number of hydrogen-bond donors (Lipinski definition) is 1. The van der Waals surface area contributed by atoms with Gasteiger partial charge in [0.15, 0.2) is 6.10 Å². The van der Waals surface area contributed by atoms with Crippen LogP contribution in [0.5, 0.6) is 11.5 Å². The lowest BCUT2D eigenvalue weighted by atomic mass is 10.2. The number of carbonyl (C=O) groups excluding carboxylic acids is 1. The minimum absolute atomic E-state index is 0.200. The summed E-state index contributed by atoms with van der Waals surface area (Å²) in [5.74, 6) is 1.16. The van der Waals surface area contributed by atoms with E-state index in [9.17, 15) is 4.79 Å². The first kappa shape index (κ1) is 17.2. The highest BCUT2D eigenvalue weighted by atomic mass is 35.5. The molecule has 23 heavy (non-hydrogen) atoms. The second-order valence-electron chi connectivity index (χ2n) is 5.09. The molecule has 2 aromatic carbocycles. The van der Waals surface area contributed by atoms with E-state index in [-0.39, 0.29) is 5.91 Å². The average Bonchev–Trinajstić information content (AvgIpc) is 2.57. The fourth-order valence-electron chi connectivity index (χ4n) is 2.10. The van der Waals surface area contributed by atoms with Crippen molar-refractivity contribution in [3.8, 4) is 11.5 Å². The third-order valence-corrected chi connectivity index (χ3v) is 3.94. The Bertz CT molecular complexity index is 670. The molecular formula is C18H20ClNO3. The molecule has 4 nitrogen and oxygen atoms in total. The van der Waals surface area contributed by atoms with Gasteiger partial charge in [0.25, 0.3) is 5.91 Å². The van der Waals surface area contributed by atoms with E-state index in [4.69, 9.17) is 21.1 Å². The SMILES string of the molecule is CC[C@@H](Oc1ccc(OC)cc1)C(=O)Nc1cccc(Cl)c1C. The van der Waals surface area contributed by atoms with Crippen molar-refractivity contribution in [2.24, 2.45) is 0 Å². The molecule has 1 amide bonds. The largest absolute Gasteiger partial charge is 0.497 e. The van der Waals surface area contributed by atoms with Crippen LogP contribution in [0.1, 0.15) is 18.9 Å². The Morgan fingerprint density at radius 2 is 1.83 bits per heavy atom. The van der Waals surface area contributed by atoms with E-state index < -0.39 is 6.10 Å². The Morgan fingerprint density at radius 1 is 1.17 bits per heavy atom. The van der Waals surface area contributed by atoms with Crippen molar-refractivity contribution in [2.75, 3.05) is 12.4 Å². The van der Waals surface area contributed by atoms with E-state index in [2.05, 4.69) is 5.32 Å². The molecule has 0 unspecified atom stereocenters. The van der Waals surface area contributed by atoms with E-state index >= 15 is 0 Å². The van der Waals surface area contributed by atoms with Crippen LogP contribution in [0.3, 0.4) is 0 Å². The Balaban J connectivity index is 2.07. The number of methoxy groups -OCH3 is 1. The van der Waals surface area contributed by atoms with Crippen LogP contribution in [-0.2, 0) is 4.79 Å². The van der Waals surface area contributed by atoms with Gasteiger partial charge in [-0.3, -0.25) is 4.79 Å². The molecule has 0 aliphatic rings. The predicted molar refractivity (Wildman–Crippen MR) is 92.5 cm³/mol. The molecule has 0 saturated heterocycles. The number of halogens is 1. The van der Waals surface area contributed by atoms with Crippen LogP contribution in [0.4, 0.5) is 5.69 Å². The maximum atomic E-state index is 12.4. The Morgan fingerprint density at radius 3 is 2.43 bits per heavy atom. The first-order chi connectivity index (χ1) is 11.0. The van der Waals surface area contributed by atoms with Crippen molar-refractivity contribution >= 4 is 23.2 Å². The van der Waals surface area contributed by atoms with Gasteiger partial charge in [0, 0.05) is 10.7 Å². The topological polar surface area (TPSA) is 47.6 Å². The number of rotatable bonds is 6. The first-order valence-electron chi connectivity index (χ1n) is 7.41. The highest BCUT2D eigenvalue weighted by Crippen LogP contribution is 2.24. The van der Waals surface area contributed by atoms with E-state index in [1.807, 2.05) is 19.9 Å². The molecule has 2 rings (SSSR count). The fourth-order valence-corrected chi connectivity index (χ4v) is 2.27. The fraction of sp³-hybridized carbons (Fsp3) is 0.278. The van der Waals surface area contributed by atoms with Crippen LogP contribution in [0, 0.1) is 6.92 Å². The first-order valence-corrected chi connectivity index (χ1v) is 7.79. The van der Waals surface area contributed by atoms with Gasteiger partial charge in [-0.25, -0.2) is 0 Å². The molecule has 0 spiro atoms. The molecule has 1 atom stereocenters. The van der Waals surface area contributed by atoms with Gasteiger partial charge in [0.2, 0.25) is 0 Å². The molecule has 0 heterocycles. The summed E-state index contributed by atoms with van der Waals surface area (Å²) in [7, 11) is 1.60. The maximum absolute atomic E-state index is 12.4. The lowest BCUT2D eigenvalue weighted by Crippen LogP contribution is -2.32. The van der Waals surface area contributed by atoms with Crippen LogP contribution in [0.15, 0.2) is 42.5 Å². The number of anilines is 1. The highest BCUT2D eigenvalue weighted by Gasteiger charge is 2.19. The van der Waals surface area contributed by atoms with Crippen molar-refractivity contribution < 1.29 is 14.3 Å². The lowest BCUT2D eigenvalue weighted by molar-refractivity contribution is -0.122. The van der Waals surface area contributed by atoms with Crippen molar-refractivity contribution in [1.82, 2.24) is 0 Å². The summed E-state index contributed by atoms with van der Waals surface area (Å²) in [5.41, 5.74) is 1.53. The number of benzene rings is 2. The van der Waals surface area contributed by atoms with Crippen molar-refractivity contribution in [3.63, 3.8) is 0 Å². The zero-order chi connectivity index (χ0) is 16.8. The summed E-state index contributed by atoms with van der Waals surface area (Å²) in [4.78, 5) is 12.4. The molecule has 0 aliphatic heterocycles. The third-order valence-electron chi connectivity index (χ3n) is 3.53. The zero-order valence-electron chi connectivity index (χ0n) is 13.4. The smallest absolute Gasteiger partial charge is 0.265 e. The lowest BCUT2D eigenvalue weighted by Gasteiger charge is -2.18. The standard InChI is InChI=1S/C18H20ClNO3/c1-4-17(23-14-10-8-13(22-3)9-11-14)18(21)20-16-7-5-6-15(19)12(16)2/h5-11,17H,4H2,1-3H3,(H,20,21)/t17-/m1/s1. The molecule has 0 radical (unpaired) electrons. The van der Waals surface area contributed by atoms with Crippen LogP contribution in [0.25, 0.3) is 0 Å². The van der Waals surface area contributed by atoms with Gasteiger partial charge in [0.1, 0.15) is 11.5 Å². The Kier molecular flexibility index (Phi) is 5.88. The second kappa shape index (κ2) is 7.88. The minimum Gasteiger partial charge on any atom is -0.497 e. The van der Waals surface area contributed by atoms with Gasteiger partial charge in [-0.1, -0.05) is 24.6 Å². The summed E-state index contributed by atoms with van der Waals surface area (Å²) >= 11 is 6.07. The van der Waals surface area contributed by atoms with Crippen molar-refractivity contribution in [2.45, 2.75) is 26.4 Å². The maximum Gasteiger partial charge on any atom is 0.265 e. The molecule has 2 aromatic rings. The molecule has 5 heteroatoms. The quantitative estimate of drug-likeness (QED) is 0.849. The normalized spacial score (nSPS) is 11.7. The molecule has 0 aliphatic carbocycles. The summed E-state index contributed by atoms with van der Waals surface area (Å²) in [6, 6.07) is 12.5.